The average Bonchev–Trinajstić information content (AvgIpc) is 3.05. The Morgan fingerprint density at radius 2 is 1.97 bits per heavy atom. The predicted molar refractivity (Wildman–Crippen MR) is 115 cm³/mol. The van der Waals surface area contributed by atoms with Gasteiger partial charge in [-0.3, -0.25) is 9.59 Å². The molecule has 1 N–H and O–H groups in total. The van der Waals surface area contributed by atoms with Crippen LogP contribution in [0.1, 0.15) is 18.4 Å². The summed E-state index contributed by atoms with van der Waals surface area (Å²) in [6.07, 6.45) is 1.64. The van der Waals surface area contributed by atoms with Crippen LogP contribution in [0.15, 0.2) is 48.2 Å². The van der Waals surface area contributed by atoms with Gasteiger partial charge in [0.25, 0.3) is 11.8 Å². The highest BCUT2D eigenvalue weighted by Gasteiger charge is 2.44. The number of hydrogen-bond donors (Lipinski definition) is 1. The lowest BCUT2D eigenvalue weighted by Crippen LogP contribution is -2.40. The van der Waals surface area contributed by atoms with Crippen LogP contribution in [-0.2, 0) is 9.59 Å². The highest BCUT2D eigenvalue weighted by molar-refractivity contribution is 6.46. The number of carbonyl (C=O) groups is 2. The van der Waals surface area contributed by atoms with Gasteiger partial charge < -0.3 is 14.7 Å². The average molecular weight is 445 g/mol. The smallest absolute Gasteiger partial charge is 0.282 e. The number of hydrogen-bond acceptors (Lipinski definition) is 5. The molecule has 2 amide bonds. The van der Waals surface area contributed by atoms with Crippen LogP contribution in [-0.4, -0.2) is 48.6 Å². The van der Waals surface area contributed by atoms with Crippen molar-refractivity contribution in [2.45, 2.75) is 12.8 Å². The van der Waals surface area contributed by atoms with Crippen LogP contribution in [0.4, 0.5) is 10.1 Å². The summed E-state index contributed by atoms with van der Waals surface area (Å²) >= 11 is 5.92. The highest BCUT2D eigenvalue weighted by atomic mass is 35.5. The Morgan fingerprint density at radius 1 is 1.19 bits per heavy atom. The number of benzene rings is 2. The first kappa shape index (κ1) is 21.3. The van der Waals surface area contributed by atoms with Crippen LogP contribution in [0.25, 0.3) is 5.57 Å². The number of carbonyl (C=O) groups excluding carboxylic acids is 2. The molecule has 1 unspecified atom stereocenters. The van der Waals surface area contributed by atoms with Gasteiger partial charge in [0.2, 0.25) is 0 Å². The van der Waals surface area contributed by atoms with Gasteiger partial charge >= 0.3 is 0 Å². The monoisotopic (exact) mass is 444 g/mol. The van der Waals surface area contributed by atoms with Gasteiger partial charge in [0.05, 0.1) is 23.4 Å². The number of ether oxygens (including phenoxy) is 1. The second kappa shape index (κ2) is 8.69. The van der Waals surface area contributed by atoms with E-state index >= 15 is 0 Å². The van der Waals surface area contributed by atoms with Crippen molar-refractivity contribution in [2.75, 3.05) is 31.7 Å². The number of aliphatic hydroxyl groups excluding tert-OH is 1. The molecule has 8 heteroatoms. The number of amides is 2. The van der Waals surface area contributed by atoms with Gasteiger partial charge in [0, 0.05) is 25.3 Å². The van der Waals surface area contributed by atoms with E-state index < -0.39 is 17.6 Å². The lowest BCUT2D eigenvalue weighted by molar-refractivity contribution is -0.120. The molecule has 6 nitrogen and oxygen atoms in total. The van der Waals surface area contributed by atoms with Gasteiger partial charge in [-0.15, -0.1) is 0 Å². The van der Waals surface area contributed by atoms with Crippen molar-refractivity contribution >= 4 is 34.7 Å². The molecule has 31 heavy (non-hydrogen) atoms. The molecule has 1 fully saturated rings. The Balaban J connectivity index is 1.86. The normalized spacial score (nSPS) is 19.4. The third kappa shape index (κ3) is 3.79. The fraction of sp³-hybridized carbons (Fsp3) is 0.304. The van der Waals surface area contributed by atoms with Crippen molar-refractivity contribution in [3.8, 4) is 5.75 Å². The van der Waals surface area contributed by atoms with Crippen molar-refractivity contribution in [1.29, 1.82) is 0 Å². The summed E-state index contributed by atoms with van der Waals surface area (Å²) in [5.74, 6) is -1.20. The van der Waals surface area contributed by atoms with E-state index in [1.807, 2.05) is 4.90 Å². The summed E-state index contributed by atoms with van der Waals surface area (Å²) < 4.78 is 19.1. The highest BCUT2D eigenvalue weighted by Crippen LogP contribution is 2.40. The maximum absolute atomic E-state index is 13.7. The second-order valence-electron chi connectivity index (χ2n) is 7.60. The number of para-hydroxylation sites is 1. The third-order valence-electron chi connectivity index (χ3n) is 5.69. The van der Waals surface area contributed by atoms with Crippen LogP contribution in [0.2, 0.25) is 5.02 Å². The summed E-state index contributed by atoms with van der Waals surface area (Å²) in [6, 6.07) is 10.8. The minimum Gasteiger partial charge on any atom is -0.496 e. The summed E-state index contributed by atoms with van der Waals surface area (Å²) in [5, 5.41) is 9.47. The first-order chi connectivity index (χ1) is 15.0. The topological polar surface area (TPSA) is 70.1 Å². The van der Waals surface area contributed by atoms with Crippen LogP contribution in [0.5, 0.6) is 5.75 Å². The maximum Gasteiger partial charge on any atom is 0.282 e. The molecule has 0 saturated carbocycles. The summed E-state index contributed by atoms with van der Waals surface area (Å²) in [6.45, 7) is 1.05. The van der Waals surface area contributed by atoms with Crippen molar-refractivity contribution in [2.24, 2.45) is 5.92 Å². The second-order valence-corrected chi connectivity index (χ2v) is 8.01. The standard InChI is InChI=1S/C23H22ClFN2O4/c1-31-19-7-3-2-6-16(19)20-21(26-10-4-5-14(12-26)13-28)23(30)27(22(20)29)15-8-9-18(25)17(24)11-15/h2-3,6-9,11,14,28H,4-5,10,12-13H2,1H3. The molecule has 0 bridgehead atoms. The summed E-state index contributed by atoms with van der Waals surface area (Å²) in [5.41, 5.74) is 1.18. The number of rotatable bonds is 5. The summed E-state index contributed by atoms with van der Waals surface area (Å²) in [4.78, 5) is 30.0. The van der Waals surface area contributed by atoms with Crippen LogP contribution in [0.3, 0.4) is 0 Å². The van der Waals surface area contributed by atoms with Crippen molar-refractivity contribution in [3.63, 3.8) is 0 Å². The molecule has 0 radical (unpaired) electrons. The van der Waals surface area contributed by atoms with E-state index in [0.717, 1.165) is 23.8 Å². The fourth-order valence-electron chi connectivity index (χ4n) is 4.18. The largest absolute Gasteiger partial charge is 0.496 e. The molecule has 2 aliphatic rings. The van der Waals surface area contributed by atoms with Gasteiger partial charge in [0.15, 0.2) is 0 Å². The zero-order chi connectivity index (χ0) is 22.1. The molecule has 2 aliphatic heterocycles. The Labute approximate surface area is 184 Å². The van der Waals surface area contributed by atoms with E-state index in [2.05, 4.69) is 0 Å². The molecule has 0 aliphatic carbocycles. The zero-order valence-electron chi connectivity index (χ0n) is 17.0. The number of methoxy groups -OCH3 is 1. The maximum atomic E-state index is 13.7. The minimum atomic E-state index is -0.635. The molecular formula is C23H22ClFN2O4. The van der Waals surface area contributed by atoms with Crippen molar-refractivity contribution < 1.29 is 23.8 Å². The van der Waals surface area contributed by atoms with Crippen LogP contribution in [0, 0.1) is 11.7 Å². The number of likely N-dealkylation sites (tertiary alicyclic amines) is 1. The van der Waals surface area contributed by atoms with Crippen molar-refractivity contribution in [1.82, 2.24) is 4.90 Å². The molecule has 0 spiro atoms. The third-order valence-corrected chi connectivity index (χ3v) is 5.98. The molecule has 1 saturated heterocycles. The molecule has 162 valence electrons. The Hall–Kier alpha value is -2.90. The van der Waals surface area contributed by atoms with E-state index in [4.69, 9.17) is 16.3 Å². The van der Waals surface area contributed by atoms with Gasteiger partial charge in [-0.1, -0.05) is 29.8 Å². The number of nitrogens with zero attached hydrogens (tertiary/aromatic N) is 2. The SMILES string of the molecule is COc1ccccc1C1=C(N2CCCC(CO)C2)C(=O)N(c2ccc(F)c(Cl)c2)C1=O. The molecule has 2 heterocycles. The lowest BCUT2D eigenvalue weighted by Gasteiger charge is -2.34. The van der Waals surface area contributed by atoms with E-state index in [0.29, 0.717) is 24.4 Å². The van der Waals surface area contributed by atoms with E-state index in [-0.39, 0.29) is 34.5 Å². The van der Waals surface area contributed by atoms with Gasteiger partial charge in [-0.25, -0.2) is 9.29 Å². The number of imide groups is 1. The molecule has 0 aromatic heterocycles. The Kier molecular flexibility index (Phi) is 5.98. The van der Waals surface area contributed by atoms with E-state index in [1.54, 1.807) is 24.3 Å². The molecule has 4 rings (SSSR count). The van der Waals surface area contributed by atoms with E-state index in [1.165, 1.54) is 19.2 Å². The van der Waals surface area contributed by atoms with Gasteiger partial charge in [0.1, 0.15) is 17.3 Å². The first-order valence-corrected chi connectivity index (χ1v) is 10.4. The van der Waals surface area contributed by atoms with Gasteiger partial charge in [-0.2, -0.15) is 0 Å². The molecule has 2 aromatic carbocycles. The summed E-state index contributed by atoms with van der Waals surface area (Å²) in [7, 11) is 1.50. The lowest BCUT2D eigenvalue weighted by atomic mass is 9.96. The molecular weight excluding hydrogens is 423 g/mol. The van der Waals surface area contributed by atoms with E-state index in [9.17, 15) is 19.1 Å². The van der Waals surface area contributed by atoms with Crippen LogP contribution >= 0.6 is 11.6 Å². The number of aliphatic hydroxyl groups is 1. The molecule has 1 atom stereocenters. The zero-order valence-corrected chi connectivity index (χ0v) is 17.7. The van der Waals surface area contributed by atoms with Gasteiger partial charge in [-0.05, 0) is 43.0 Å². The van der Waals surface area contributed by atoms with Crippen molar-refractivity contribution in [3.05, 3.63) is 64.6 Å². The number of piperidine rings is 1. The number of halogens is 2. The minimum absolute atomic E-state index is 0.00714. The van der Waals surface area contributed by atoms with Crippen LogP contribution < -0.4 is 9.64 Å². The Bertz CT molecular complexity index is 1070. The fourth-order valence-corrected chi connectivity index (χ4v) is 4.36. The molecule has 2 aromatic rings. The Morgan fingerprint density at radius 3 is 2.68 bits per heavy atom. The predicted octanol–water partition coefficient (Wildman–Crippen LogP) is 3.48. The first-order valence-electron chi connectivity index (χ1n) is 10.0. The number of anilines is 1. The quantitative estimate of drug-likeness (QED) is 0.715.